The van der Waals surface area contributed by atoms with Gasteiger partial charge >= 0.3 is 0 Å². The van der Waals surface area contributed by atoms with Crippen LogP contribution in [-0.4, -0.2) is 49.6 Å². The topological polar surface area (TPSA) is 81.1 Å². The highest BCUT2D eigenvalue weighted by atomic mass is 32.1. The Bertz CT molecular complexity index is 723. The number of hydrogen-bond donors (Lipinski definition) is 0. The summed E-state index contributed by atoms with van der Waals surface area (Å²) in [5.74, 6) is -0.685. The van der Waals surface area contributed by atoms with Gasteiger partial charge in [0, 0.05) is 13.0 Å². The van der Waals surface area contributed by atoms with Crippen LogP contribution in [0.1, 0.15) is 34.4 Å². The number of hydrogen-bond acceptors (Lipinski definition) is 7. The first-order valence-corrected chi connectivity index (χ1v) is 8.11. The summed E-state index contributed by atoms with van der Waals surface area (Å²) in [4.78, 5) is 22.3. The van der Waals surface area contributed by atoms with Crippen molar-refractivity contribution in [3.05, 3.63) is 28.4 Å². The quantitative estimate of drug-likeness (QED) is 0.843. The first-order valence-electron chi connectivity index (χ1n) is 7.34. The predicted molar refractivity (Wildman–Crippen MR) is 81.0 cm³/mol. The van der Waals surface area contributed by atoms with E-state index in [1.54, 1.807) is 11.8 Å². The first-order chi connectivity index (χ1) is 11.1. The number of rotatable bonds is 4. The van der Waals surface area contributed by atoms with Gasteiger partial charge < -0.3 is 9.64 Å². The number of likely N-dealkylation sites (tertiary alicyclic amines) is 1. The second-order valence-electron chi connectivity index (χ2n) is 5.26. The zero-order chi connectivity index (χ0) is 16.4. The summed E-state index contributed by atoms with van der Waals surface area (Å²) < 4.78 is 23.5. The van der Waals surface area contributed by atoms with Gasteiger partial charge in [0.25, 0.3) is 11.8 Å². The van der Waals surface area contributed by atoms with Crippen LogP contribution in [0.25, 0.3) is 0 Å². The van der Waals surface area contributed by atoms with Gasteiger partial charge in [-0.3, -0.25) is 4.79 Å². The van der Waals surface area contributed by atoms with Gasteiger partial charge in [0.05, 0.1) is 17.9 Å². The molecule has 2 aromatic rings. The molecule has 0 saturated carbocycles. The number of carbonyl (C=O) groups is 1. The van der Waals surface area contributed by atoms with Crippen LogP contribution in [0, 0.1) is 12.7 Å². The lowest BCUT2D eigenvalue weighted by Crippen LogP contribution is -2.31. The van der Waals surface area contributed by atoms with Gasteiger partial charge in [0.1, 0.15) is 17.3 Å². The van der Waals surface area contributed by atoms with E-state index in [2.05, 4.69) is 19.6 Å². The number of aromatic nitrogens is 4. The van der Waals surface area contributed by atoms with Gasteiger partial charge in [-0.15, -0.1) is 5.10 Å². The molecule has 1 aliphatic rings. The molecule has 23 heavy (non-hydrogen) atoms. The largest absolute Gasteiger partial charge is 0.470 e. The minimum atomic E-state index is -0.526. The minimum Gasteiger partial charge on any atom is -0.470 e. The highest BCUT2D eigenvalue weighted by molar-refractivity contribution is 7.07. The average Bonchev–Trinajstić information content (AvgIpc) is 3.18. The summed E-state index contributed by atoms with van der Waals surface area (Å²) in [6.45, 7) is 4.51. The van der Waals surface area contributed by atoms with Crippen LogP contribution in [0.15, 0.2) is 6.33 Å². The number of halogens is 1. The normalized spacial score (nSPS) is 17.5. The van der Waals surface area contributed by atoms with E-state index in [0.717, 1.165) is 11.5 Å². The predicted octanol–water partition coefficient (Wildman–Crippen LogP) is 1.63. The van der Waals surface area contributed by atoms with E-state index in [9.17, 15) is 9.18 Å². The Morgan fingerprint density at radius 2 is 2.35 bits per heavy atom. The van der Waals surface area contributed by atoms with Gasteiger partial charge in [0.15, 0.2) is 0 Å². The molecule has 0 N–H and O–H groups in total. The summed E-state index contributed by atoms with van der Waals surface area (Å²) in [5.41, 5.74) is 0.950. The first kappa shape index (κ1) is 15.7. The Morgan fingerprint density at radius 1 is 1.52 bits per heavy atom. The molecule has 0 radical (unpaired) electrons. The molecule has 1 fully saturated rings. The summed E-state index contributed by atoms with van der Waals surface area (Å²) in [6.07, 6.45) is 2.11. The Hall–Kier alpha value is -2.16. The molecule has 0 bridgehead atoms. The molecule has 1 atom stereocenters. The summed E-state index contributed by atoms with van der Waals surface area (Å²) in [5, 5.41) is 3.85. The van der Waals surface area contributed by atoms with E-state index < -0.39 is 5.82 Å². The monoisotopic (exact) mass is 337 g/mol. The lowest BCUT2D eigenvalue weighted by molar-refractivity contribution is 0.0773. The van der Waals surface area contributed by atoms with Crippen molar-refractivity contribution in [2.24, 2.45) is 0 Å². The minimum absolute atomic E-state index is 0.0493. The maximum Gasteiger partial charge on any atom is 0.267 e. The van der Waals surface area contributed by atoms with Crippen LogP contribution in [0.5, 0.6) is 5.88 Å². The molecule has 0 aromatic carbocycles. The van der Waals surface area contributed by atoms with E-state index in [4.69, 9.17) is 4.74 Å². The standard InChI is InChI=1S/C14H16FN5O2S/c1-3-10-11(15)13(17-7-16-10)22-9-4-5-20(6-9)14(21)12-8(2)18-19-23-12/h7,9H,3-6H2,1-2H3/t9-/m0/s1. The fourth-order valence-electron chi connectivity index (χ4n) is 2.45. The average molecular weight is 337 g/mol. The summed E-state index contributed by atoms with van der Waals surface area (Å²) >= 11 is 1.08. The summed E-state index contributed by atoms with van der Waals surface area (Å²) in [6, 6.07) is 0. The van der Waals surface area contributed by atoms with Crippen molar-refractivity contribution in [2.75, 3.05) is 13.1 Å². The summed E-state index contributed by atoms with van der Waals surface area (Å²) in [7, 11) is 0. The van der Waals surface area contributed by atoms with Crippen LogP contribution >= 0.6 is 11.5 Å². The number of carbonyl (C=O) groups excluding carboxylic acids is 1. The van der Waals surface area contributed by atoms with Gasteiger partial charge in [-0.25, -0.2) is 4.98 Å². The molecule has 2 aromatic heterocycles. The van der Waals surface area contributed by atoms with E-state index in [1.807, 2.05) is 6.92 Å². The number of amides is 1. The van der Waals surface area contributed by atoms with E-state index in [-0.39, 0.29) is 17.9 Å². The fraction of sp³-hybridized carbons (Fsp3) is 0.500. The molecular formula is C14H16FN5O2S. The second kappa shape index (κ2) is 6.53. The molecule has 7 nitrogen and oxygen atoms in total. The molecule has 3 heterocycles. The molecular weight excluding hydrogens is 321 g/mol. The third-order valence-electron chi connectivity index (χ3n) is 3.72. The Morgan fingerprint density at radius 3 is 3.04 bits per heavy atom. The van der Waals surface area contributed by atoms with Gasteiger partial charge in [-0.2, -0.15) is 9.37 Å². The van der Waals surface area contributed by atoms with Crippen LogP contribution in [0.3, 0.4) is 0 Å². The molecule has 0 unspecified atom stereocenters. The van der Waals surface area contributed by atoms with Crippen LogP contribution in [0.4, 0.5) is 4.39 Å². The molecule has 1 aliphatic heterocycles. The number of nitrogens with zero attached hydrogens (tertiary/aromatic N) is 5. The Balaban J connectivity index is 1.67. The highest BCUT2D eigenvalue weighted by Gasteiger charge is 2.31. The van der Waals surface area contributed by atoms with Crippen molar-refractivity contribution in [1.82, 2.24) is 24.5 Å². The molecule has 0 spiro atoms. The lowest BCUT2D eigenvalue weighted by Gasteiger charge is -2.16. The van der Waals surface area contributed by atoms with Crippen molar-refractivity contribution in [3.8, 4) is 5.88 Å². The maximum absolute atomic E-state index is 14.1. The van der Waals surface area contributed by atoms with Gasteiger partial charge in [-0.1, -0.05) is 11.4 Å². The molecule has 1 saturated heterocycles. The SMILES string of the molecule is CCc1ncnc(O[C@H]2CCN(C(=O)c3snnc3C)C2)c1F. The lowest BCUT2D eigenvalue weighted by atomic mass is 10.3. The third kappa shape index (κ3) is 3.14. The number of ether oxygens (including phenoxy) is 1. The molecule has 0 aliphatic carbocycles. The molecule has 122 valence electrons. The van der Waals surface area contributed by atoms with Crippen molar-refractivity contribution < 1.29 is 13.9 Å². The van der Waals surface area contributed by atoms with E-state index in [0.29, 0.717) is 42.2 Å². The van der Waals surface area contributed by atoms with Crippen LogP contribution < -0.4 is 4.74 Å². The number of aryl methyl sites for hydroxylation is 2. The second-order valence-corrected chi connectivity index (χ2v) is 6.01. The van der Waals surface area contributed by atoms with Gasteiger partial charge in [0.2, 0.25) is 5.82 Å². The van der Waals surface area contributed by atoms with E-state index >= 15 is 0 Å². The van der Waals surface area contributed by atoms with Gasteiger partial charge in [-0.05, 0) is 24.9 Å². The van der Waals surface area contributed by atoms with Crippen molar-refractivity contribution in [2.45, 2.75) is 32.8 Å². The fourth-order valence-corrected chi connectivity index (χ4v) is 3.08. The maximum atomic E-state index is 14.1. The molecule has 3 rings (SSSR count). The molecule has 9 heteroatoms. The smallest absolute Gasteiger partial charge is 0.267 e. The molecule has 1 amide bonds. The van der Waals surface area contributed by atoms with Crippen LogP contribution in [-0.2, 0) is 6.42 Å². The Kier molecular flexibility index (Phi) is 4.46. The Labute approximate surface area is 136 Å². The van der Waals surface area contributed by atoms with Crippen LogP contribution in [0.2, 0.25) is 0 Å². The zero-order valence-corrected chi connectivity index (χ0v) is 13.6. The van der Waals surface area contributed by atoms with Crippen molar-refractivity contribution >= 4 is 17.4 Å². The zero-order valence-electron chi connectivity index (χ0n) is 12.8. The van der Waals surface area contributed by atoms with E-state index in [1.165, 1.54) is 6.33 Å². The third-order valence-corrected chi connectivity index (χ3v) is 4.54. The van der Waals surface area contributed by atoms with Crippen molar-refractivity contribution in [1.29, 1.82) is 0 Å². The van der Waals surface area contributed by atoms with Crippen molar-refractivity contribution in [3.63, 3.8) is 0 Å². The highest BCUT2D eigenvalue weighted by Crippen LogP contribution is 2.23.